The summed E-state index contributed by atoms with van der Waals surface area (Å²) in [5, 5.41) is 4.32. The number of aromatic nitrogens is 2. The van der Waals surface area contributed by atoms with Crippen LogP contribution in [0, 0.1) is 0 Å². The lowest BCUT2D eigenvalue weighted by Gasteiger charge is -2.11. The van der Waals surface area contributed by atoms with Gasteiger partial charge in [0.1, 0.15) is 5.82 Å². The molecule has 0 spiro atoms. The molecule has 1 aromatic carbocycles. The summed E-state index contributed by atoms with van der Waals surface area (Å²) in [4.78, 5) is 4.41. The first-order valence-corrected chi connectivity index (χ1v) is 7.70. The van der Waals surface area contributed by atoms with E-state index in [-0.39, 0.29) is 0 Å². The minimum absolute atomic E-state index is 0.704. The Morgan fingerprint density at radius 2 is 2.25 bits per heavy atom. The molecule has 106 valence electrons. The number of nitrogens with one attached hydrogen (secondary N) is 1. The lowest BCUT2D eigenvalue weighted by molar-refractivity contribution is 0.688. The van der Waals surface area contributed by atoms with Crippen molar-refractivity contribution in [2.45, 2.75) is 45.2 Å². The quantitative estimate of drug-likeness (QED) is 0.878. The minimum atomic E-state index is 0.704. The third-order valence-electron chi connectivity index (χ3n) is 3.66. The molecule has 20 heavy (non-hydrogen) atoms. The van der Waals surface area contributed by atoms with Gasteiger partial charge < -0.3 is 9.88 Å². The van der Waals surface area contributed by atoms with Crippen LogP contribution >= 0.6 is 11.6 Å². The number of hydrogen-bond acceptors (Lipinski definition) is 2. The minimum Gasteiger partial charge on any atom is -0.310 e. The fourth-order valence-corrected chi connectivity index (χ4v) is 2.59. The van der Waals surface area contributed by atoms with Crippen LogP contribution in [-0.4, -0.2) is 15.6 Å². The number of benzene rings is 1. The molecule has 1 aromatic heterocycles. The van der Waals surface area contributed by atoms with Crippen molar-refractivity contribution >= 4 is 11.6 Å². The molecule has 1 N–H and O–H groups in total. The van der Waals surface area contributed by atoms with Crippen molar-refractivity contribution in [1.82, 2.24) is 14.9 Å². The molecule has 1 heterocycles. The van der Waals surface area contributed by atoms with Gasteiger partial charge >= 0.3 is 0 Å². The van der Waals surface area contributed by atoms with Crippen molar-refractivity contribution in [3.05, 3.63) is 47.0 Å². The second kappa shape index (κ2) is 5.98. The van der Waals surface area contributed by atoms with Crippen molar-refractivity contribution in [2.24, 2.45) is 0 Å². The summed E-state index contributed by atoms with van der Waals surface area (Å²) in [5.74, 6) is 1.09. The van der Waals surface area contributed by atoms with E-state index in [1.165, 1.54) is 18.4 Å². The number of imidazole rings is 1. The molecule has 0 amide bonds. The molecule has 1 aliphatic carbocycles. The van der Waals surface area contributed by atoms with Gasteiger partial charge in [-0.2, -0.15) is 0 Å². The van der Waals surface area contributed by atoms with E-state index in [0.717, 1.165) is 35.9 Å². The van der Waals surface area contributed by atoms with Crippen molar-refractivity contribution in [2.75, 3.05) is 0 Å². The lowest BCUT2D eigenvalue weighted by Crippen LogP contribution is -2.15. The topological polar surface area (TPSA) is 29.9 Å². The molecule has 0 atom stereocenters. The predicted octanol–water partition coefficient (Wildman–Crippen LogP) is 3.73. The highest BCUT2D eigenvalue weighted by Gasteiger charge is 2.20. The Hall–Kier alpha value is -1.32. The highest BCUT2D eigenvalue weighted by Crippen LogP contribution is 2.24. The van der Waals surface area contributed by atoms with E-state index >= 15 is 0 Å². The predicted molar refractivity (Wildman–Crippen MR) is 82.4 cm³/mol. The molecule has 3 nitrogen and oxygen atoms in total. The van der Waals surface area contributed by atoms with Crippen LogP contribution in [0.1, 0.15) is 37.6 Å². The van der Waals surface area contributed by atoms with Crippen LogP contribution in [0.2, 0.25) is 5.02 Å². The summed E-state index contributed by atoms with van der Waals surface area (Å²) in [6.07, 6.45) is 8.51. The van der Waals surface area contributed by atoms with Gasteiger partial charge in [0.2, 0.25) is 0 Å². The van der Waals surface area contributed by atoms with Crippen LogP contribution < -0.4 is 5.32 Å². The normalized spacial score (nSPS) is 14.7. The third-order valence-corrected chi connectivity index (χ3v) is 4.02. The van der Waals surface area contributed by atoms with Crippen molar-refractivity contribution < 1.29 is 0 Å². The Labute approximate surface area is 125 Å². The maximum absolute atomic E-state index is 6.41. The summed E-state index contributed by atoms with van der Waals surface area (Å²) in [5.41, 5.74) is 2.26. The maximum atomic E-state index is 6.41. The van der Waals surface area contributed by atoms with Crippen LogP contribution in [-0.2, 0) is 13.0 Å². The summed E-state index contributed by atoms with van der Waals surface area (Å²) in [6.45, 7) is 3.02. The van der Waals surface area contributed by atoms with Gasteiger partial charge in [0, 0.05) is 42.1 Å². The second-order valence-corrected chi connectivity index (χ2v) is 5.80. The smallest absolute Gasteiger partial charge is 0.113 e. The lowest BCUT2D eigenvalue weighted by atomic mass is 10.2. The van der Waals surface area contributed by atoms with Gasteiger partial charge in [-0.15, -0.1) is 0 Å². The molecule has 3 rings (SSSR count). The Bertz CT molecular complexity index is 587. The number of halogens is 1. The standard InChI is InChI=1S/C16H20ClN3/c1-2-3-16-18-8-9-20(16)14-7-4-12(15(17)10-14)11-19-13-5-6-13/h4,7-10,13,19H,2-3,5-6,11H2,1H3. The van der Waals surface area contributed by atoms with E-state index in [2.05, 4.69) is 33.9 Å². The summed E-state index contributed by atoms with van der Waals surface area (Å²) >= 11 is 6.41. The zero-order valence-corrected chi connectivity index (χ0v) is 12.5. The Kier molecular flexibility index (Phi) is 4.08. The fourth-order valence-electron chi connectivity index (χ4n) is 2.35. The van der Waals surface area contributed by atoms with E-state index < -0.39 is 0 Å². The van der Waals surface area contributed by atoms with Crippen LogP contribution in [0.25, 0.3) is 5.69 Å². The molecular formula is C16H20ClN3. The molecule has 1 aliphatic rings. The van der Waals surface area contributed by atoms with Gasteiger partial charge in [-0.3, -0.25) is 0 Å². The monoisotopic (exact) mass is 289 g/mol. The molecule has 0 saturated heterocycles. The van der Waals surface area contributed by atoms with Crippen molar-refractivity contribution in [3.8, 4) is 5.69 Å². The molecular weight excluding hydrogens is 270 g/mol. The average molecular weight is 290 g/mol. The largest absolute Gasteiger partial charge is 0.310 e. The number of rotatable bonds is 6. The Balaban J connectivity index is 1.79. The SMILES string of the molecule is CCCc1nccn1-c1ccc(CNC2CC2)c(Cl)c1. The summed E-state index contributed by atoms with van der Waals surface area (Å²) in [6, 6.07) is 6.97. The molecule has 4 heteroatoms. The van der Waals surface area contributed by atoms with Gasteiger partial charge in [-0.1, -0.05) is 24.6 Å². The van der Waals surface area contributed by atoms with E-state index in [1.807, 2.05) is 18.5 Å². The molecule has 2 aromatic rings. The first-order chi connectivity index (χ1) is 9.78. The third kappa shape index (κ3) is 3.05. The van der Waals surface area contributed by atoms with Gasteiger partial charge in [-0.05, 0) is 37.0 Å². The van der Waals surface area contributed by atoms with Crippen molar-refractivity contribution in [1.29, 1.82) is 0 Å². The van der Waals surface area contributed by atoms with Gasteiger partial charge in [0.05, 0.1) is 0 Å². The molecule has 0 aliphatic heterocycles. The van der Waals surface area contributed by atoms with Gasteiger partial charge in [-0.25, -0.2) is 4.98 Å². The van der Waals surface area contributed by atoms with E-state index in [9.17, 15) is 0 Å². The number of hydrogen-bond donors (Lipinski definition) is 1. The van der Waals surface area contributed by atoms with Crippen LogP contribution in [0.4, 0.5) is 0 Å². The fraction of sp³-hybridized carbons (Fsp3) is 0.438. The molecule has 1 saturated carbocycles. The highest BCUT2D eigenvalue weighted by atomic mass is 35.5. The zero-order valence-electron chi connectivity index (χ0n) is 11.8. The number of nitrogens with zero attached hydrogens (tertiary/aromatic N) is 2. The average Bonchev–Trinajstić information content (AvgIpc) is 3.16. The van der Waals surface area contributed by atoms with Crippen LogP contribution in [0.15, 0.2) is 30.6 Å². The van der Waals surface area contributed by atoms with E-state index in [4.69, 9.17) is 11.6 Å². The zero-order chi connectivity index (χ0) is 13.9. The molecule has 1 fully saturated rings. The van der Waals surface area contributed by atoms with Crippen LogP contribution in [0.5, 0.6) is 0 Å². The van der Waals surface area contributed by atoms with Gasteiger partial charge in [0.15, 0.2) is 0 Å². The highest BCUT2D eigenvalue weighted by molar-refractivity contribution is 6.31. The Morgan fingerprint density at radius 1 is 1.40 bits per heavy atom. The van der Waals surface area contributed by atoms with Gasteiger partial charge in [0.25, 0.3) is 0 Å². The van der Waals surface area contributed by atoms with Crippen molar-refractivity contribution in [3.63, 3.8) is 0 Å². The van der Waals surface area contributed by atoms with Crippen LogP contribution in [0.3, 0.4) is 0 Å². The summed E-state index contributed by atoms with van der Waals surface area (Å²) < 4.78 is 2.12. The maximum Gasteiger partial charge on any atom is 0.113 e. The Morgan fingerprint density at radius 3 is 2.95 bits per heavy atom. The summed E-state index contributed by atoms with van der Waals surface area (Å²) in [7, 11) is 0. The molecule has 0 radical (unpaired) electrons. The van der Waals surface area contributed by atoms with E-state index in [1.54, 1.807) is 0 Å². The number of aryl methyl sites for hydroxylation is 1. The second-order valence-electron chi connectivity index (χ2n) is 5.39. The molecule has 0 bridgehead atoms. The first kappa shape index (κ1) is 13.7. The molecule has 0 unspecified atom stereocenters. The first-order valence-electron chi connectivity index (χ1n) is 7.32. The van der Waals surface area contributed by atoms with E-state index in [0.29, 0.717) is 6.04 Å².